The fourth-order valence-electron chi connectivity index (χ4n) is 3.25. The molecule has 2 aliphatic heterocycles. The Morgan fingerprint density at radius 1 is 1.15 bits per heavy atom. The molecule has 142 valence electrons. The van der Waals surface area contributed by atoms with Crippen LogP contribution in [0, 0.1) is 0 Å². The van der Waals surface area contributed by atoms with Crippen LogP contribution in [0.25, 0.3) is 0 Å². The highest BCUT2D eigenvalue weighted by Gasteiger charge is 2.45. The minimum Gasteiger partial charge on any atom is -0.341 e. The molecule has 0 unspecified atom stereocenters. The molecular formula is C16H20F3N5O2. The lowest BCUT2D eigenvalue weighted by atomic mass is 10.0. The predicted molar refractivity (Wildman–Crippen MR) is 86.5 cm³/mol. The number of imide groups is 1. The monoisotopic (exact) mass is 371 g/mol. The first-order valence-electron chi connectivity index (χ1n) is 8.52. The number of carbonyl (C=O) groups excluding carboxylic acids is 2. The molecule has 2 fully saturated rings. The number of hydrogen-bond acceptors (Lipinski definition) is 5. The molecule has 3 amide bonds. The Morgan fingerprint density at radius 2 is 1.77 bits per heavy atom. The summed E-state index contributed by atoms with van der Waals surface area (Å²) in [6.07, 6.45) is 0.905. The third-order valence-corrected chi connectivity index (χ3v) is 4.71. The normalized spacial score (nSPS) is 19.6. The van der Waals surface area contributed by atoms with E-state index in [4.69, 9.17) is 0 Å². The van der Waals surface area contributed by atoms with Crippen LogP contribution in [0.4, 0.5) is 23.9 Å². The van der Waals surface area contributed by atoms with Crippen LogP contribution in [0.1, 0.15) is 25.3 Å². The van der Waals surface area contributed by atoms with Gasteiger partial charge in [-0.25, -0.2) is 14.8 Å². The van der Waals surface area contributed by atoms with Crippen molar-refractivity contribution in [2.24, 2.45) is 0 Å². The number of halogens is 3. The average molecular weight is 371 g/mol. The molecule has 1 aromatic rings. The van der Waals surface area contributed by atoms with Crippen molar-refractivity contribution in [2.75, 3.05) is 31.1 Å². The van der Waals surface area contributed by atoms with E-state index in [2.05, 4.69) is 9.97 Å². The minimum atomic E-state index is -4.59. The Morgan fingerprint density at radius 3 is 2.31 bits per heavy atom. The summed E-state index contributed by atoms with van der Waals surface area (Å²) in [5.74, 6) is -0.198. The van der Waals surface area contributed by atoms with Crippen LogP contribution in [0.5, 0.6) is 0 Å². The summed E-state index contributed by atoms with van der Waals surface area (Å²) in [5.41, 5.74) is 1.04. The van der Waals surface area contributed by atoms with Crippen molar-refractivity contribution in [1.29, 1.82) is 0 Å². The number of piperidine rings is 1. The zero-order valence-corrected chi connectivity index (χ0v) is 14.4. The molecule has 2 saturated heterocycles. The summed E-state index contributed by atoms with van der Waals surface area (Å²) in [7, 11) is 0. The Hall–Kier alpha value is -2.39. The molecule has 2 aliphatic rings. The standard InChI is InChI=1S/C16H20F3N5O2/c1-2-11-7-20-14(21-8-11)22-5-3-12(4-6-22)23-9-13(25)24(15(23)26)10-16(17,18)19/h7-8,12H,2-6,9-10H2,1H3. The molecule has 3 rings (SSSR count). The number of nitrogens with zero attached hydrogens (tertiary/aromatic N) is 5. The van der Waals surface area contributed by atoms with Crippen molar-refractivity contribution in [3.8, 4) is 0 Å². The molecule has 0 atom stereocenters. The van der Waals surface area contributed by atoms with Crippen LogP contribution in [-0.4, -0.2) is 70.1 Å². The molecule has 0 aromatic carbocycles. The van der Waals surface area contributed by atoms with E-state index in [9.17, 15) is 22.8 Å². The van der Waals surface area contributed by atoms with Gasteiger partial charge >= 0.3 is 12.2 Å². The summed E-state index contributed by atoms with van der Waals surface area (Å²) in [6, 6.07) is -1.11. The number of hydrogen-bond donors (Lipinski definition) is 0. The molecular weight excluding hydrogens is 351 g/mol. The fourth-order valence-corrected chi connectivity index (χ4v) is 3.25. The SMILES string of the molecule is CCc1cnc(N2CCC(N3CC(=O)N(CC(F)(F)F)C3=O)CC2)nc1. The molecule has 10 heteroatoms. The summed E-state index contributed by atoms with van der Waals surface area (Å²) in [5, 5.41) is 0. The van der Waals surface area contributed by atoms with Gasteiger partial charge in [0.2, 0.25) is 5.95 Å². The third-order valence-electron chi connectivity index (χ3n) is 4.71. The van der Waals surface area contributed by atoms with Gasteiger partial charge in [-0.15, -0.1) is 0 Å². The van der Waals surface area contributed by atoms with E-state index in [1.54, 1.807) is 12.4 Å². The van der Waals surface area contributed by atoms with E-state index >= 15 is 0 Å². The zero-order valence-electron chi connectivity index (χ0n) is 14.4. The topological polar surface area (TPSA) is 69.6 Å². The number of carbonyl (C=O) groups is 2. The first-order chi connectivity index (χ1) is 12.3. The highest BCUT2D eigenvalue weighted by atomic mass is 19.4. The van der Waals surface area contributed by atoms with E-state index in [-0.39, 0.29) is 12.6 Å². The summed E-state index contributed by atoms with van der Waals surface area (Å²) >= 11 is 0. The molecule has 0 bridgehead atoms. The number of amides is 3. The maximum atomic E-state index is 12.5. The van der Waals surface area contributed by atoms with E-state index in [0.717, 1.165) is 12.0 Å². The Bertz CT molecular complexity index is 671. The largest absolute Gasteiger partial charge is 0.406 e. The maximum Gasteiger partial charge on any atom is 0.406 e. The summed E-state index contributed by atoms with van der Waals surface area (Å²) in [4.78, 5) is 36.2. The van der Waals surface area contributed by atoms with E-state index in [0.29, 0.717) is 36.8 Å². The van der Waals surface area contributed by atoms with E-state index in [1.165, 1.54) is 4.90 Å². The Labute approximate surface area is 148 Å². The molecule has 0 saturated carbocycles. The number of anilines is 1. The molecule has 0 N–H and O–H groups in total. The minimum absolute atomic E-state index is 0.254. The number of urea groups is 1. The molecule has 0 radical (unpaired) electrons. The molecule has 0 aliphatic carbocycles. The van der Waals surface area contributed by atoms with E-state index < -0.39 is 24.7 Å². The van der Waals surface area contributed by atoms with Crippen molar-refractivity contribution in [2.45, 2.75) is 38.4 Å². The van der Waals surface area contributed by atoms with Crippen LogP contribution in [0.15, 0.2) is 12.4 Å². The van der Waals surface area contributed by atoms with Crippen LogP contribution < -0.4 is 4.90 Å². The molecule has 0 spiro atoms. The van der Waals surface area contributed by atoms with Crippen molar-refractivity contribution in [1.82, 2.24) is 19.8 Å². The highest BCUT2D eigenvalue weighted by Crippen LogP contribution is 2.26. The summed E-state index contributed by atoms with van der Waals surface area (Å²) in [6.45, 7) is 1.35. The van der Waals surface area contributed by atoms with Crippen LogP contribution in [0.2, 0.25) is 0 Å². The van der Waals surface area contributed by atoms with Crippen LogP contribution >= 0.6 is 0 Å². The lowest BCUT2D eigenvalue weighted by Gasteiger charge is -2.36. The van der Waals surface area contributed by atoms with Crippen molar-refractivity contribution in [3.63, 3.8) is 0 Å². The van der Waals surface area contributed by atoms with Gasteiger partial charge in [-0.05, 0) is 24.8 Å². The lowest BCUT2D eigenvalue weighted by Crippen LogP contribution is -2.47. The molecule has 26 heavy (non-hydrogen) atoms. The lowest BCUT2D eigenvalue weighted by molar-refractivity contribution is -0.151. The number of aromatic nitrogens is 2. The smallest absolute Gasteiger partial charge is 0.341 e. The second-order valence-corrected chi connectivity index (χ2v) is 6.47. The predicted octanol–water partition coefficient (Wildman–Crippen LogP) is 1.83. The Kier molecular flexibility index (Phi) is 5.01. The van der Waals surface area contributed by atoms with Gasteiger partial charge in [-0.3, -0.25) is 9.69 Å². The van der Waals surface area contributed by atoms with Crippen molar-refractivity contribution in [3.05, 3.63) is 18.0 Å². The quantitative estimate of drug-likeness (QED) is 0.756. The third kappa shape index (κ3) is 3.88. The number of alkyl halides is 3. The van der Waals surface area contributed by atoms with Gasteiger partial charge in [0.1, 0.15) is 13.1 Å². The molecule has 3 heterocycles. The average Bonchev–Trinajstić information content (AvgIpc) is 2.89. The van der Waals surface area contributed by atoms with Gasteiger partial charge in [-0.1, -0.05) is 6.92 Å². The first-order valence-corrected chi connectivity index (χ1v) is 8.52. The van der Waals surface area contributed by atoms with Gasteiger partial charge in [0.15, 0.2) is 0 Å². The van der Waals surface area contributed by atoms with Crippen LogP contribution in [0.3, 0.4) is 0 Å². The second-order valence-electron chi connectivity index (χ2n) is 6.47. The molecule has 1 aromatic heterocycles. The summed E-state index contributed by atoms with van der Waals surface area (Å²) < 4.78 is 37.6. The highest BCUT2D eigenvalue weighted by molar-refractivity contribution is 6.02. The second kappa shape index (κ2) is 7.08. The van der Waals surface area contributed by atoms with Gasteiger partial charge in [0, 0.05) is 31.5 Å². The van der Waals surface area contributed by atoms with Gasteiger partial charge in [-0.2, -0.15) is 13.2 Å². The van der Waals surface area contributed by atoms with Gasteiger partial charge in [0.05, 0.1) is 0 Å². The zero-order chi connectivity index (χ0) is 18.9. The van der Waals surface area contributed by atoms with Gasteiger partial charge in [0.25, 0.3) is 5.91 Å². The van der Waals surface area contributed by atoms with E-state index in [1.807, 2.05) is 11.8 Å². The number of rotatable bonds is 4. The Balaban J connectivity index is 1.59. The fraction of sp³-hybridized carbons (Fsp3) is 0.625. The van der Waals surface area contributed by atoms with Crippen molar-refractivity contribution < 1.29 is 22.8 Å². The number of aryl methyl sites for hydroxylation is 1. The molecule has 7 nitrogen and oxygen atoms in total. The maximum absolute atomic E-state index is 12.5. The first kappa shape index (κ1) is 18.4. The van der Waals surface area contributed by atoms with Crippen LogP contribution in [-0.2, 0) is 11.2 Å². The van der Waals surface area contributed by atoms with Gasteiger partial charge < -0.3 is 9.80 Å². The van der Waals surface area contributed by atoms with Crippen molar-refractivity contribution >= 4 is 17.9 Å².